The molecule has 0 bridgehead atoms. The van der Waals surface area contributed by atoms with E-state index in [2.05, 4.69) is 0 Å². The van der Waals surface area contributed by atoms with Crippen LogP contribution in [0.4, 0.5) is 5.69 Å². The number of nitrogens with zero attached hydrogens (tertiary/aromatic N) is 2. The molecular weight excluding hydrogens is 308 g/mol. The van der Waals surface area contributed by atoms with Crippen molar-refractivity contribution < 1.29 is 18.1 Å². The maximum atomic E-state index is 12.1. The van der Waals surface area contributed by atoms with Gasteiger partial charge in [0.25, 0.3) is 20.6 Å². The van der Waals surface area contributed by atoms with Crippen molar-refractivity contribution >= 4 is 31.3 Å². The number of halogens is 1. The standard InChI is InChI=1S/C11H13ClN2O5S/c1-3-6-13(2)11(15)9-5-4-8(14(16)17)7-10(9)20(12,18)19/h4-5,7H,3,6H2,1-2H3. The second-order valence-electron chi connectivity index (χ2n) is 4.10. The highest BCUT2D eigenvalue weighted by atomic mass is 35.7. The molecule has 110 valence electrons. The molecule has 9 heteroatoms. The number of carbonyl (C=O) groups excluding carboxylic acids is 1. The highest BCUT2D eigenvalue weighted by molar-refractivity contribution is 8.13. The van der Waals surface area contributed by atoms with Crippen LogP contribution in [-0.2, 0) is 9.05 Å². The van der Waals surface area contributed by atoms with Gasteiger partial charge in [0.1, 0.15) is 4.90 Å². The molecule has 0 fully saturated rings. The minimum absolute atomic E-state index is 0.179. The van der Waals surface area contributed by atoms with Gasteiger partial charge in [-0.3, -0.25) is 14.9 Å². The molecule has 1 aromatic carbocycles. The van der Waals surface area contributed by atoms with E-state index in [9.17, 15) is 23.3 Å². The minimum Gasteiger partial charge on any atom is -0.342 e. The van der Waals surface area contributed by atoms with Crippen molar-refractivity contribution in [3.63, 3.8) is 0 Å². The molecule has 0 aromatic heterocycles. The van der Waals surface area contributed by atoms with E-state index in [1.807, 2.05) is 6.92 Å². The highest BCUT2D eigenvalue weighted by Crippen LogP contribution is 2.26. The molecular formula is C11H13ClN2O5S. The Morgan fingerprint density at radius 1 is 1.45 bits per heavy atom. The van der Waals surface area contributed by atoms with E-state index >= 15 is 0 Å². The van der Waals surface area contributed by atoms with Gasteiger partial charge >= 0.3 is 0 Å². The molecule has 0 aliphatic carbocycles. The van der Waals surface area contributed by atoms with Gasteiger partial charge in [0.15, 0.2) is 0 Å². The van der Waals surface area contributed by atoms with Crippen LogP contribution < -0.4 is 0 Å². The molecule has 7 nitrogen and oxygen atoms in total. The quantitative estimate of drug-likeness (QED) is 0.469. The first kappa shape index (κ1) is 16.4. The van der Waals surface area contributed by atoms with E-state index in [0.29, 0.717) is 13.0 Å². The van der Waals surface area contributed by atoms with Gasteiger partial charge in [0, 0.05) is 36.4 Å². The van der Waals surface area contributed by atoms with Crippen LogP contribution in [0.15, 0.2) is 23.1 Å². The third-order valence-electron chi connectivity index (χ3n) is 2.57. The summed E-state index contributed by atoms with van der Waals surface area (Å²) in [5, 5.41) is 10.7. The van der Waals surface area contributed by atoms with Crippen LogP contribution in [0.2, 0.25) is 0 Å². The Balaban J connectivity index is 3.40. The molecule has 1 rings (SSSR count). The maximum Gasteiger partial charge on any atom is 0.270 e. The van der Waals surface area contributed by atoms with Crippen LogP contribution in [0.3, 0.4) is 0 Å². The molecule has 0 saturated heterocycles. The molecule has 0 aliphatic rings. The van der Waals surface area contributed by atoms with Crippen LogP contribution in [0.5, 0.6) is 0 Å². The van der Waals surface area contributed by atoms with E-state index in [-0.39, 0.29) is 5.56 Å². The molecule has 0 N–H and O–H groups in total. The first-order valence-corrected chi connectivity index (χ1v) is 7.98. The fraction of sp³-hybridized carbons (Fsp3) is 0.364. The number of nitro groups is 1. The van der Waals surface area contributed by atoms with Gasteiger partial charge in [0.2, 0.25) is 0 Å². The molecule has 0 atom stereocenters. The van der Waals surface area contributed by atoms with Gasteiger partial charge in [0.05, 0.1) is 10.5 Å². The van der Waals surface area contributed by atoms with E-state index in [4.69, 9.17) is 10.7 Å². The molecule has 0 aliphatic heterocycles. The van der Waals surface area contributed by atoms with Gasteiger partial charge in [-0.25, -0.2) is 8.42 Å². The number of carbonyl (C=O) groups is 1. The van der Waals surface area contributed by atoms with Gasteiger partial charge < -0.3 is 4.90 Å². The Labute approximate surface area is 120 Å². The van der Waals surface area contributed by atoms with Gasteiger partial charge in [-0.05, 0) is 12.5 Å². The van der Waals surface area contributed by atoms with Gasteiger partial charge in [-0.2, -0.15) is 0 Å². The number of benzene rings is 1. The summed E-state index contributed by atoms with van der Waals surface area (Å²) in [5.41, 5.74) is -0.625. The number of amides is 1. The lowest BCUT2D eigenvalue weighted by atomic mass is 10.2. The van der Waals surface area contributed by atoms with E-state index in [1.165, 1.54) is 11.9 Å². The average Bonchev–Trinajstić information content (AvgIpc) is 2.36. The number of nitro benzene ring substituents is 1. The summed E-state index contributed by atoms with van der Waals surface area (Å²) >= 11 is 0. The van der Waals surface area contributed by atoms with Crippen molar-refractivity contribution in [3.05, 3.63) is 33.9 Å². The second-order valence-corrected chi connectivity index (χ2v) is 6.64. The lowest BCUT2D eigenvalue weighted by molar-refractivity contribution is -0.385. The Hall–Kier alpha value is -1.67. The SMILES string of the molecule is CCCN(C)C(=O)c1ccc([N+](=O)[O-])cc1S(=O)(=O)Cl. The molecule has 0 spiro atoms. The van der Waals surface area contributed by atoms with Crippen LogP contribution in [0.1, 0.15) is 23.7 Å². The first-order chi connectivity index (χ1) is 9.18. The normalized spacial score (nSPS) is 11.2. The van der Waals surface area contributed by atoms with E-state index < -0.39 is 30.5 Å². The summed E-state index contributed by atoms with van der Waals surface area (Å²) in [7, 11) is 2.49. The number of hydrogen-bond donors (Lipinski definition) is 0. The predicted octanol–water partition coefficient (Wildman–Crippen LogP) is 2.00. The largest absolute Gasteiger partial charge is 0.342 e. The maximum absolute atomic E-state index is 12.1. The predicted molar refractivity (Wildman–Crippen MR) is 73.4 cm³/mol. The monoisotopic (exact) mass is 320 g/mol. The van der Waals surface area contributed by atoms with Crippen molar-refractivity contribution in [1.29, 1.82) is 0 Å². The average molecular weight is 321 g/mol. The first-order valence-electron chi connectivity index (χ1n) is 5.67. The van der Waals surface area contributed by atoms with E-state index in [0.717, 1.165) is 18.2 Å². The van der Waals surface area contributed by atoms with Crippen LogP contribution in [0.25, 0.3) is 0 Å². The van der Waals surface area contributed by atoms with Crippen molar-refractivity contribution in [1.82, 2.24) is 4.90 Å². The minimum atomic E-state index is -4.26. The topological polar surface area (TPSA) is 97.6 Å². The number of rotatable bonds is 5. The smallest absolute Gasteiger partial charge is 0.270 e. The van der Waals surface area contributed by atoms with Crippen LogP contribution >= 0.6 is 10.7 Å². The molecule has 0 radical (unpaired) electrons. The van der Waals surface area contributed by atoms with Gasteiger partial charge in [-0.1, -0.05) is 6.92 Å². The zero-order valence-electron chi connectivity index (χ0n) is 10.9. The lowest BCUT2D eigenvalue weighted by Gasteiger charge is -2.17. The fourth-order valence-electron chi connectivity index (χ4n) is 1.65. The fourth-order valence-corrected chi connectivity index (χ4v) is 2.71. The number of non-ortho nitro benzene ring substituents is 1. The zero-order valence-corrected chi connectivity index (χ0v) is 12.4. The summed E-state index contributed by atoms with van der Waals surface area (Å²) in [5.74, 6) is -0.555. The summed E-state index contributed by atoms with van der Waals surface area (Å²) < 4.78 is 23.0. The Morgan fingerprint density at radius 3 is 2.50 bits per heavy atom. The molecule has 1 amide bonds. The molecule has 0 saturated carbocycles. The lowest BCUT2D eigenvalue weighted by Crippen LogP contribution is -2.28. The number of hydrogen-bond acceptors (Lipinski definition) is 5. The van der Waals surface area contributed by atoms with Crippen molar-refractivity contribution in [2.45, 2.75) is 18.2 Å². The Morgan fingerprint density at radius 2 is 2.05 bits per heavy atom. The third kappa shape index (κ3) is 3.67. The summed E-state index contributed by atoms with van der Waals surface area (Å²) in [6, 6.07) is 2.95. The highest BCUT2D eigenvalue weighted by Gasteiger charge is 2.25. The van der Waals surface area contributed by atoms with E-state index in [1.54, 1.807) is 0 Å². The van der Waals surface area contributed by atoms with Gasteiger partial charge in [-0.15, -0.1) is 0 Å². The van der Waals surface area contributed by atoms with Crippen molar-refractivity contribution in [3.8, 4) is 0 Å². The molecule has 1 aromatic rings. The van der Waals surface area contributed by atoms with Crippen molar-refractivity contribution in [2.75, 3.05) is 13.6 Å². The summed E-state index contributed by atoms with van der Waals surface area (Å²) in [6.07, 6.45) is 0.693. The summed E-state index contributed by atoms with van der Waals surface area (Å²) in [4.78, 5) is 22.8. The van der Waals surface area contributed by atoms with Crippen molar-refractivity contribution in [2.24, 2.45) is 0 Å². The van der Waals surface area contributed by atoms with Crippen LogP contribution in [-0.4, -0.2) is 37.7 Å². The van der Waals surface area contributed by atoms with Crippen LogP contribution in [0, 0.1) is 10.1 Å². The Bertz CT molecular complexity index is 644. The summed E-state index contributed by atoms with van der Waals surface area (Å²) in [6.45, 7) is 2.29. The molecule has 20 heavy (non-hydrogen) atoms. The third-order valence-corrected chi connectivity index (χ3v) is 3.94. The molecule has 0 unspecified atom stereocenters. The second kappa shape index (κ2) is 6.19. The zero-order chi connectivity index (χ0) is 15.5. The molecule has 0 heterocycles. The Kier molecular flexibility index (Phi) is 5.07.